The smallest absolute Gasteiger partial charge is 0.271 e. The highest BCUT2D eigenvalue weighted by molar-refractivity contribution is 6.35. The van der Waals surface area contributed by atoms with Crippen LogP contribution in [0.4, 0.5) is 17.1 Å². The zero-order valence-corrected chi connectivity index (χ0v) is 15.9. The second kappa shape index (κ2) is 7.41. The van der Waals surface area contributed by atoms with Gasteiger partial charge < -0.3 is 5.32 Å². The van der Waals surface area contributed by atoms with E-state index in [1.807, 2.05) is 0 Å². The molecule has 0 unspecified atom stereocenters. The number of halogens is 1. The summed E-state index contributed by atoms with van der Waals surface area (Å²) in [5.41, 5.74) is 0.718. The Morgan fingerprint density at radius 3 is 2.33 bits per heavy atom. The van der Waals surface area contributed by atoms with Crippen molar-refractivity contribution in [3.63, 3.8) is 0 Å². The van der Waals surface area contributed by atoms with E-state index in [1.165, 1.54) is 36.4 Å². The molecule has 0 radical (unpaired) electrons. The van der Waals surface area contributed by atoms with Gasteiger partial charge in [-0.1, -0.05) is 17.7 Å². The fourth-order valence-corrected chi connectivity index (χ4v) is 3.22. The van der Waals surface area contributed by atoms with E-state index in [1.54, 1.807) is 24.3 Å². The number of imide groups is 1. The van der Waals surface area contributed by atoms with Crippen molar-refractivity contribution in [2.45, 2.75) is 0 Å². The van der Waals surface area contributed by atoms with E-state index >= 15 is 0 Å². The SMILES string of the molecule is O=C(Nc1ccc(Cl)cc1)c1ccc2c(c1)C(=O)N(c1cccc([N+](=O)[O-])c1)C2=O. The van der Waals surface area contributed by atoms with Gasteiger partial charge in [-0.25, -0.2) is 4.90 Å². The lowest BCUT2D eigenvalue weighted by Crippen LogP contribution is -2.29. The predicted molar refractivity (Wildman–Crippen MR) is 110 cm³/mol. The minimum atomic E-state index is -0.656. The van der Waals surface area contributed by atoms with Crippen molar-refractivity contribution in [1.29, 1.82) is 0 Å². The molecule has 0 saturated heterocycles. The first kappa shape index (κ1) is 19.3. The number of hydrogen-bond acceptors (Lipinski definition) is 5. The molecular formula is C21H12ClN3O5. The van der Waals surface area contributed by atoms with E-state index < -0.39 is 22.6 Å². The van der Waals surface area contributed by atoms with Gasteiger partial charge in [-0.15, -0.1) is 0 Å². The van der Waals surface area contributed by atoms with Crippen LogP contribution in [0.2, 0.25) is 5.02 Å². The van der Waals surface area contributed by atoms with E-state index in [4.69, 9.17) is 11.6 Å². The number of nitro groups is 1. The number of anilines is 2. The molecule has 148 valence electrons. The van der Waals surface area contributed by atoms with Gasteiger partial charge in [0.15, 0.2) is 0 Å². The molecule has 30 heavy (non-hydrogen) atoms. The van der Waals surface area contributed by atoms with Crippen LogP contribution in [0, 0.1) is 10.1 Å². The largest absolute Gasteiger partial charge is 0.322 e. The lowest BCUT2D eigenvalue weighted by Gasteiger charge is -2.13. The third-order valence-corrected chi connectivity index (χ3v) is 4.80. The Hall–Kier alpha value is -4.04. The van der Waals surface area contributed by atoms with Gasteiger partial charge in [-0.05, 0) is 48.5 Å². The van der Waals surface area contributed by atoms with Crippen LogP contribution in [-0.4, -0.2) is 22.6 Å². The Morgan fingerprint density at radius 2 is 1.63 bits per heavy atom. The predicted octanol–water partition coefficient (Wildman–Crippen LogP) is 4.30. The molecule has 0 aliphatic carbocycles. The number of non-ortho nitro benzene ring substituents is 1. The Labute approximate surface area is 174 Å². The molecule has 0 fully saturated rings. The number of hydrogen-bond donors (Lipinski definition) is 1. The molecule has 0 saturated carbocycles. The monoisotopic (exact) mass is 421 g/mol. The highest BCUT2D eigenvalue weighted by Crippen LogP contribution is 2.31. The summed E-state index contributed by atoms with van der Waals surface area (Å²) >= 11 is 5.83. The van der Waals surface area contributed by atoms with Gasteiger partial charge in [0.2, 0.25) is 0 Å². The second-order valence-corrected chi connectivity index (χ2v) is 6.88. The number of carbonyl (C=O) groups is 3. The van der Waals surface area contributed by atoms with E-state index in [0.717, 1.165) is 11.0 Å². The van der Waals surface area contributed by atoms with E-state index in [2.05, 4.69) is 5.32 Å². The zero-order valence-electron chi connectivity index (χ0n) is 15.2. The fraction of sp³-hybridized carbons (Fsp3) is 0. The minimum absolute atomic E-state index is 0.0512. The highest BCUT2D eigenvalue weighted by Gasteiger charge is 2.37. The number of nitrogens with one attached hydrogen (secondary N) is 1. The molecule has 9 heteroatoms. The average molecular weight is 422 g/mol. The number of amides is 3. The fourth-order valence-electron chi connectivity index (χ4n) is 3.10. The Morgan fingerprint density at radius 1 is 0.933 bits per heavy atom. The van der Waals surface area contributed by atoms with Gasteiger partial charge in [-0.2, -0.15) is 0 Å². The van der Waals surface area contributed by atoms with Crippen molar-refractivity contribution < 1.29 is 19.3 Å². The van der Waals surface area contributed by atoms with Crippen LogP contribution in [0.3, 0.4) is 0 Å². The molecule has 8 nitrogen and oxygen atoms in total. The molecule has 4 rings (SSSR count). The number of rotatable bonds is 4. The van der Waals surface area contributed by atoms with Crippen molar-refractivity contribution in [1.82, 2.24) is 0 Å². The third kappa shape index (κ3) is 3.40. The maximum atomic E-state index is 12.8. The molecule has 1 N–H and O–H groups in total. The first-order valence-corrected chi connectivity index (χ1v) is 9.07. The molecule has 3 aromatic carbocycles. The molecule has 0 atom stereocenters. The minimum Gasteiger partial charge on any atom is -0.322 e. The molecular weight excluding hydrogens is 410 g/mol. The summed E-state index contributed by atoms with van der Waals surface area (Å²) in [7, 11) is 0. The van der Waals surface area contributed by atoms with Gasteiger partial charge in [0.25, 0.3) is 23.4 Å². The van der Waals surface area contributed by atoms with Gasteiger partial charge in [0.1, 0.15) is 0 Å². The van der Waals surface area contributed by atoms with E-state index in [0.29, 0.717) is 10.7 Å². The number of fused-ring (bicyclic) bond motifs is 1. The van der Waals surface area contributed by atoms with E-state index in [9.17, 15) is 24.5 Å². The van der Waals surface area contributed by atoms with Gasteiger partial charge in [0, 0.05) is 28.4 Å². The Bertz CT molecular complexity index is 1220. The summed E-state index contributed by atoms with van der Waals surface area (Å²) in [4.78, 5) is 49.3. The van der Waals surface area contributed by atoms with Crippen LogP contribution in [0.15, 0.2) is 66.7 Å². The topological polar surface area (TPSA) is 110 Å². The van der Waals surface area contributed by atoms with Gasteiger partial charge >= 0.3 is 0 Å². The van der Waals surface area contributed by atoms with Gasteiger partial charge in [0.05, 0.1) is 21.7 Å². The number of nitro benzene ring substituents is 1. The summed E-state index contributed by atoms with van der Waals surface area (Å²) in [5.74, 6) is -1.73. The second-order valence-electron chi connectivity index (χ2n) is 6.44. The Balaban J connectivity index is 1.63. The standard InChI is InChI=1S/C21H12ClN3O5/c22-13-5-7-14(8-6-13)23-19(26)12-4-9-17-18(10-12)21(28)24(20(17)27)15-2-1-3-16(11-15)25(29)30/h1-11H,(H,23,26). The summed E-state index contributed by atoms with van der Waals surface area (Å²) < 4.78 is 0. The van der Waals surface area contributed by atoms with Crippen molar-refractivity contribution in [2.24, 2.45) is 0 Å². The lowest BCUT2D eigenvalue weighted by atomic mass is 10.1. The van der Waals surface area contributed by atoms with Crippen molar-refractivity contribution in [2.75, 3.05) is 10.2 Å². The molecule has 1 aliphatic rings. The van der Waals surface area contributed by atoms with Crippen LogP contribution in [0.25, 0.3) is 0 Å². The summed E-state index contributed by atoms with van der Waals surface area (Å²) in [6.45, 7) is 0. The van der Waals surface area contributed by atoms with Crippen molar-refractivity contribution >= 4 is 46.4 Å². The summed E-state index contributed by atoms with van der Waals surface area (Å²) in [6.07, 6.45) is 0. The quantitative estimate of drug-likeness (QED) is 0.383. The molecule has 0 spiro atoms. The number of nitrogens with zero attached hydrogens (tertiary/aromatic N) is 2. The molecule has 3 aromatic rings. The number of benzene rings is 3. The number of carbonyl (C=O) groups excluding carboxylic acids is 3. The molecule has 1 aliphatic heterocycles. The third-order valence-electron chi connectivity index (χ3n) is 4.55. The molecule has 3 amide bonds. The van der Waals surface area contributed by atoms with E-state index in [-0.39, 0.29) is 28.1 Å². The van der Waals surface area contributed by atoms with Crippen LogP contribution in [0.5, 0.6) is 0 Å². The van der Waals surface area contributed by atoms with Crippen molar-refractivity contribution in [3.05, 3.63) is 98.6 Å². The highest BCUT2D eigenvalue weighted by atomic mass is 35.5. The van der Waals surface area contributed by atoms with Crippen LogP contribution in [-0.2, 0) is 0 Å². The lowest BCUT2D eigenvalue weighted by molar-refractivity contribution is -0.384. The molecule has 0 aromatic heterocycles. The van der Waals surface area contributed by atoms with Crippen LogP contribution < -0.4 is 10.2 Å². The van der Waals surface area contributed by atoms with Gasteiger partial charge in [-0.3, -0.25) is 24.5 Å². The summed E-state index contributed by atoms with van der Waals surface area (Å²) in [6, 6.07) is 15.9. The normalized spacial score (nSPS) is 12.6. The Kier molecular flexibility index (Phi) is 4.77. The molecule has 1 heterocycles. The first-order valence-electron chi connectivity index (χ1n) is 8.69. The maximum Gasteiger partial charge on any atom is 0.271 e. The maximum absolute atomic E-state index is 12.8. The van der Waals surface area contributed by atoms with Crippen molar-refractivity contribution in [3.8, 4) is 0 Å². The van der Waals surface area contributed by atoms with Crippen LogP contribution in [0.1, 0.15) is 31.1 Å². The first-order chi connectivity index (χ1) is 14.3. The molecule has 0 bridgehead atoms. The summed E-state index contributed by atoms with van der Waals surface area (Å²) in [5, 5.41) is 14.2. The van der Waals surface area contributed by atoms with Crippen LogP contribution >= 0.6 is 11.6 Å². The average Bonchev–Trinajstić information content (AvgIpc) is 2.99. The zero-order chi connectivity index (χ0) is 21.4.